The number of benzene rings is 1. The van der Waals surface area contributed by atoms with Gasteiger partial charge in [0.25, 0.3) is 0 Å². The number of rotatable bonds is 3. The molecule has 0 bridgehead atoms. The smallest absolute Gasteiger partial charge is 0.233 e. The van der Waals surface area contributed by atoms with Gasteiger partial charge in [0, 0.05) is 12.7 Å². The van der Waals surface area contributed by atoms with Crippen molar-refractivity contribution in [3.8, 4) is 0 Å². The number of halogens is 2. The summed E-state index contributed by atoms with van der Waals surface area (Å²) in [4.78, 5) is 11.7. The van der Waals surface area contributed by atoms with Gasteiger partial charge in [-0.15, -0.1) is 0 Å². The van der Waals surface area contributed by atoms with Crippen LogP contribution >= 0.6 is 11.6 Å². The molecule has 0 atom stereocenters. The second-order valence-corrected chi connectivity index (χ2v) is 3.48. The van der Waals surface area contributed by atoms with Gasteiger partial charge < -0.3 is 10.6 Å². The van der Waals surface area contributed by atoms with E-state index in [1.54, 1.807) is 19.2 Å². The number of nitrogens with one attached hydrogen (secondary N) is 2. The Kier molecular flexibility index (Phi) is 3.34. The van der Waals surface area contributed by atoms with Gasteiger partial charge in [0.15, 0.2) is 0 Å². The zero-order chi connectivity index (χ0) is 12.3. The molecule has 0 amide bonds. The maximum atomic E-state index is 13.0. The van der Waals surface area contributed by atoms with E-state index in [1.165, 1.54) is 12.1 Å². The van der Waals surface area contributed by atoms with E-state index in [4.69, 9.17) is 11.6 Å². The first kappa shape index (κ1) is 11.5. The minimum Gasteiger partial charge on any atom is -0.357 e. The Bertz CT molecular complexity index is 534. The molecule has 0 aliphatic carbocycles. The van der Waals surface area contributed by atoms with E-state index in [2.05, 4.69) is 25.6 Å². The molecule has 7 heteroatoms. The van der Waals surface area contributed by atoms with E-state index < -0.39 is 0 Å². The van der Waals surface area contributed by atoms with Gasteiger partial charge in [-0.2, -0.15) is 15.0 Å². The molecule has 1 aromatic heterocycles. The molecule has 2 N–H and O–H groups in total. The molecule has 5 nitrogen and oxygen atoms in total. The van der Waals surface area contributed by atoms with Gasteiger partial charge in [-0.25, -0.2) is 4.39 Å². The van der Waals surface area contributed by atoms with E-state index in [0.29, 0.717) is 11.6 Å². The van der Waals surface area contributed by atoms with Gasteiger partial charge in [0.2, 0.25) is 17.2 Å². The van der Waals surface area contributed by atoms with Crippen LogP contribution in [-0.4, -0.2) is 22.0 Å². The molecule has 0 fully saturated rings. The van der Waals surface area contributed by atoms with E-state index in [9.17, 15) is 4.39 Å². The fourth-order valence-electron chi connectivity index (χ4n) is 1.21. The Morgan fingerprint density at radius 1 is 1.18 bits per heavy atom. The molecule has 0 saturated carbocycles. The lowest BCUT2D eigenvalue weighted by atomic mass is 10.3. The predicted octanol–water partition coefficient (Wildman–Crippen LogP) is 2.45. The molecule has 0 radical (unpaired) electrons. The molecule has 2 aromatic rings. The van der Waals surface area contributed by atoms with Gasteiger partial charge in [0.05, 0.1) is 0 Å². The lowest BCUT2D eigenvalue weighted by Gasteiger charge is -2.06. The Morgan fingerprint density at radius 3 is 2.65 bits per heavy atom. The number of hydrogen-bond donors (Lipinski definition) is 2. The lowest BCUT2D eigenvalue weighted by Crippen LogP contribution is -2.03. The van der Waals surface area contributed by atoms with Crippen LogP contribution in [0.4, 0.5) is 22.0 Å². The summed E-state index contributed by atoms with van der Waals surface area (Å²) in [6, 6.07) is 5.96. The Hall–Kier alpha value is -1.95. The van der Waals surface area contributed by atoms with Crippen molar-refractivity contribution in [2.75, 3.05) is 17.7 Å². The first-order valence-corrected chi connectivity index (χ1v) is 5.17. The van der Waals surface area contributed by atoms with Crippen LogP contribution in [0.5, 0.6) is 0 Å². The highest BCUT2D eigenvalue weighted by Gasteiger charge is 2.04. The first-order valence-electron chi connectivity index (χ1n) is 4.79. The van der Waals surface area contributed by atoms with Crippen molar-refractivity contribution in [2.45, 2.75) is 0 Å². The van der Waals surface area contributed by atoms with Gasteiger partial charge >= 0.3 is 0 Å². The standard InChI is InChI=1S/C10H9ClFN5/c1-13-9-15-8(11)16-10(17-9)14-7-4-2-3-6(12)5-7/h2-5H,1H3,(H2,13,14,15,16,17). The van der Waals surface area contributed by atoms with Crippen molar-refractivity contribution in [1.29, 1.82) is 0 Å². The van der Waals surface area contributed by atoms with Gasteiger partial charge in [-0.1, -0.05) is 6.07 Å². The minimum atomic E-state index is -0.344. The summed E-state index contributed by atoms with van der Waals surface area (Å²) in [5.41, 5.74) is 0.536. The van der Waals surface area contributed by atoms with Crippen LogP contribution in [0.3, 0.4) is 0 Å². The van der Waals surface area contributed by atoms with Crippen molar-refractivity contribution < 1.29 is 4.39 Å². The summed E-state index contributed by atoms with van der Waals surface area (Å²) < 4.78 is 13.0. The van der Waals surface area contributed by atoms with Crippen LogP contribution in [0.2, 0.25) is 5.28 Å². The molecule has 1 aromatic carbocycles. The molecule has 1 heterocycles. The van der Waals surface area contributed by atoms with E-state index in [0.717, 1.165) is 0 Å². The molecule has 17 heavy (non-hydrogen) atoms. The van der Waals surface area contributed by atoms with E-state index in [-0.39, 0.29) is 17.0 Å². The summed E-state index contributed by atoms with van der Waals surface area (Å²) in [7, 11) is 1.66. The molecule has 0 aliphatic heterocycles. The van der Waals surface area contributed by atoms with Crippen molar-refractivity contribution in [2.24, 2.45) is 0 Å². The highest BCUT2D eigenvalue weighted by atomic mass is 35.5. The fourth-order valence-corrected chi connectivity index (χ4v) is 1.37. The highest BCUT2D eigenvalue weighted by Crippen LogP contribution is 2.16. The van der Waals surface area contributed by atoms with Crippen LogP contribution in [0.1, 0.15) is 0 Å². The van der Waals surface area contributed by atoms with Crippen LogP contribution < -0.4 is 10.6 Å². The van der Waals surface area contributed by atoms with E-state index in [1.807, 2.05) is 0 Å². The second-order valence-electron chi connectivity index (χ2n) is 3.14. The van der Waals surface area contributed by atoms with Gasteiger partial charge in [-0.3, -0.25) is 0 Å². The summed E-state index contributed by atoms with van der Waals surface area (Å²) in [6.45, 7) is 0. The van der Waals surface area contributed by atoms with Crippen LogP contribution in [0, 0.1) is 5.82 Å². The Labute approximate surface area is 102 Å². The molecule has 0 aliphatic rings. The Morgan fingerprint density at radius 2 is 1.94 bits per heavy atom. The monoisotopic (exact) mass is 253 g/mol. The number of aromatic nitrogens is 3. The maximum absolute atomic E-state index is 13.0. The highest BCUT2D eigenvalue weighted by molar-refractivity contribution is 6.28. The third-order valence-corrected chi connectivity index (χ3v) is 2.08. The molecular formula is C10H9ClFN5. The molecular weight excluding hydrogens is 245 g/mol. The zero-order valence-electron chi connectivity index (χ0n) is 8.91. The van der Waals surface area contributed by atoms with Crippen LogP contribution in [-0.2, 0) is 0 Å². The predicted molar refractivity (Wildman–Crippen MR) is 64.1 cm³/mol. The van der Waals surface area contributed by atoms with Crippen molar-refractivity contribution in [3.05, 3.63) is 35.4 Å². The lowest BCUT2D eigenvalue weighted by molar-refractivity contribution is 0.628. The fraction of sp³-hybridized carbons (Fsp3) is 0.100. The summed E-state index contributed by atoms with van der Waals surface area (Å²) in [5.74, 6) is 0.243. The minimum absolute atomic E-state index is 0.0586. The van der Waals surface area contributed by atoms with E-state index >= 15 is 0 Å². The number of anilines is 3. The molecule has 88 valence electrons. The van der Waals surface area contributed by atoms with Crippen molar-refractivity contribution in [1.82, 2.24) is 15.0 Å². The molecule has 0 saturated heterocycles. The summed E-state index contributed by atoms with van der Waals surface area (Å²) in [6.07, 6.45) is 0. The summed E-state index contributed by atoms with van der Waals surface area (Å²) >= 11 is 5.71. The van der Waals surface area contributed by atoms with Crippen LogP contribution in [0.15, 0.2) is 24.3 Å². The quantitative estimate of drug-likeness (QED) is 0.880. The maximum Gasteiger partial charge on any atom is 0.233 e. The SMILES string of the molecule is CNc1nc(Cl)nc(Nc2cccc(F)c2)n1. The zero-order valence-corrected chi connectivity index (χ0v) is 9.66. The van der Waals surface area contributed by atoms with Crippen molar-refractivity contribution in [3.63, 3.8) is 0 Å². The van der Waals surface area contributed by atoms with Crippen LogP contribution in [0.25, 0.3) is 0 Å². The van der Waals surface area contributed by atoms with Gasteiger partial charge in [0.1, 0.15) is 5.82 Å². The summed E-state index contributed by atoms with van der Waals surface area (Å²) in [5, 5.41) is 5.64. The third-order valence-electron chi connectivity index (χ3n) is 1.91. The molecule has 2 rings (SSSR count). The Balaban J connectivity index is 2.26. The number of hydrogen-bond acceptors (Lipinski definition) is 5. The molecule has 0 spiro atoms. The van der Waals surface area contributed by atoms with Gasteiger partial charge in [-0.05, 0) is 29.8 Å². The topological polar surface area (TPSA) is 62.7 Å². The second kappa shape index (κ2) is 4.92. The van der Waals surface area contributed by atoms with Crippen molar-refractivity contribution >= 4 is 29.2 Å². The normalized spacial score (nSPS) is 10.1. The average Bonchev–Trinajstić information content (AvgIpc) is 2.28. The third kappa shape index (κ3) is 3.01. The number of nitrogens with zero attached hydrogens (tertiary/aromatic N) is 3. The molecule has 0 unspecified atom stereocenters. The largest absolute Gasteiger partial charge is 0.357 e. The average molecular weight is 254 g/mol. The first-order chi connectivity index (χ1) is 8.17.